The predicted octanol–water partition coefficient (Wildman–Crippen LogP) is 3.55. The molecule has 0 aliphatic carbocycles. The Bertz CT molecular complexity index is 2040. The van der Waals surface area contributed by atoms with Gasteiger partial charge in [0.05, 0.1) is 47.5 Å². The third kappa shape index (κ3) is 5.38. The highest BCUT2D eigenvalue weighted by Crippen LogP contribution is 2.41. The highest BCUT2D eigenvalue weighted by molar-refractivity contribution is 5.90. The van der Waals surface area contributed by atoms with Gasteiger partial charge in [-0.3, -0.25) is 4.79 Å². The molecule has 255 valence electrons. The average Bonchev–Trinajstić information content (AvgIpc) is 3.71. The molecule has 0 spiro atoms. The molecule has 4 aromatic rings. The molecule has 3 aromatic heterocycles. The van der Waals surface area contributed by atoms with Gasteiger partial charge < -0.3 is 24.0 Å². The number of piperidine rings is 2. The normalized spacial score (nSPS) is 22.8. The maximum absolute atomic E-state index is 13.6. The van der Waals surface area contributed by atoms with E-state index in [2.05, 4.69) is 22.4 Å². The zero-order valence-corrected chi connectivity index (χ0v) is 27.6. The minimum absolute atomic E-state index is 0.0312. The van der Waals surface area contributed by atoms with Gasteiger partial charge in [0.2, 0.25) is 0 Å². The number of hydrogen-bond acceptors (Lipinski definition) is 11. The Hall–Kier alpha value is -4.66. The molecular formula is C35H38N7O7. The Balaban J connectivity index is 0.956. The van der Waals surface area contributed by atoms with Crippen LogP contribution in [0.2, 0.25) is 0 Å². The minimum Gasteiger partial charge on any atom is -0.487 e. The van der Waals surface area contributed by atoms with Crippen LogP contribution in [0.4, 0.5) is 0 Å². The lowest BCUT2D eigenvalue weighted by Gasteiger charge is -2.40. The van der Waals surface area contributed by atoms with E-state index in [4.69, 9.17) is 19.3 Å². The van der Waals surface area contributed by atoms with Crippen LogP contribution < -0.4 is 10.3 Å². The summed E-state index contributed by atoms with van der Waals surface area (Å²) in [5, 5.41) is 38.3. The maximum Gasteiger partial charge on any atom is 0.343 e. The van der Waals surface area contributed by atoms with Crippen molar-refractivity contribution in [1.29, 1.82) is 0 Å². The van der Waals surface area contributed by atoms with E-state index in [1.807, 2.05) is 24.4 Å². The van der Waals surface area contributed by atoms with Crippen molar-refractivity contribution < 1.29 is 29.4 Å². The number of hydrogen-bond donors (Lipinski definition) is 1. The summed E-state index contributed by atoms with van der Waals surface area (Å²) >= 11 is 0. The fraction of sp³-hybridized carbons (Fsp3) is 0.486. The fourth-order valence-corrected chi connectivity index (χ4v) is 7.80. The molecule has 2 bridgehead atoms. The number of carbonyl (C=O) groups excluding carboxylic acids is 1. The number of benzene rings is 1. The van der Waals surface area contributed by atoms with E-state index in [1.54, 1.807) is 22.2 Å². The number of hydroxylamine groups is 2. The number of carbonyl (C=O) groups is 1. The smallest absolute Gasteiger partial charge is 0.343 e. The standard InChI is InChI=1S/C35H38N7O7/c1-3-25-26-14-24(47-18-21-16-40(39-37-21)10-11-49-38-20-12-22-6-5-7-23(13-20)42(22)46)8-9-30(26)36-32-27(25)17-41-31(32)15-29-28(33(41)43)19-48-34(44)35(29,45)4-2/h8-9,14-16,22-23,45H,3-7,10-13,17-19H2,1-2H3/t22?,23?,35-/m0/s1. The van der Waals surface area contributed by atoms with Crippen LogP contribution in [0.1, 0.15) is 80.3 Å². The lowest BCUT2D eigenvalue weighted by molar-refractivity contribution is -0.231. The number of rotatable bonds is 9. The second-order valence-electron chi connectivity index (χ2n) is 13.3. The summed E-state index contributed by atoms with van der Waals surface area (Å²) in [6, 6.07) is 7.51. The number of cyclic esters (lactones) is 1. The number of esters is 1. The molecule has 1 aromatic carbocycles. The lowest BCUT2D eigenvalue weighted by Crippen LogP contribution is -2.49. The third-order valence-electron chi connectivity index (χ3n) is 10.4. The first-order valence-electron chi connectivity index (χ1n) is 17.0. The number of aryl methyl sites for hydroxylation is 1. The molecule has 8 rings (SSSR count). The Morgan fingerprint density at radius 2 is 1.94 bits per heavy atom. The molecule has 0 saturated carbocycles. The van der Waals surface area contributed by atoms with Crippen molar-refractivity contribution in [2.75, 3.05) is 6.61 Å². The zero-order valence-electron chi connectivity index (χ0n) is 27.6. The van der Waals surface area contributed by atoms with Crippen molar-refractivity contribution in [3.05, 3.63) is 68.8 Å². The predicted molar refractivity (Wildman–Crippen MR) is 175 cm³/mol. The average molecular weight is 669 g/mol. The van der Waals surface area contributed by atoms with Crippen LogP contribution in [-0.4, -0.2) is 65.1 Å². The second kappa shape index (κ2) is 12.3. The number of fused-ring (bicyclic) bond motifs is 7. The van der Waals surface area contributed by atoms with E-state index < -0.39 is 11.6 Å². The maximum atomic E-state index is 13.6. The number of nitrogens with zero attached hydrogens (tertiary/aromatic N) is 7. The minimum atomic E-state index is -1.87. The topological polar surface area (TPSA) is 166 Å². The summed E-state index contributed by atoms with van der Waals surface area (Å²) in [4.78, 5) is 36.7. The largest absolute Gasteiger partial charge is 0.487 e. The Labute approximate surface area is 281 Å². The van der Waals surface area contributed by atoms with Crippen LogP contribution in [0, 0.1) is 0 Å². The summed E-state index contributed by atoms with van der Waals surface area (Å²) in [6.07, 6.45) is 6.92. The molecule has 2 fully saturated rings. The molecule has 0 amide bonds. The van der Waals surface area contributed by atoms with Crippen LogP contribution in [-0.2, 0) is 57.9 Å². The van der Waals surface area contributed by atoms with Crippen molar-refractivity contribution in [3.63, 3.8) is 0 Å². The van der Waals surface area contributed by atoms with E-state index in [0.717, 1.165) is 47.0 Å². The number of aromatic nitrogens is 5. The second-order valence-corrected chi connectivity index (χ2v) is 13.3. The Morgan fingerprint density at radius 3 is 2.71 bits per heavy atom. The van der Waals surface area contributed by atoms with Gasteiger partial charge in [-0.25, -0.2) is 14.5 Å². The van der Waals surface area contributed by atoms with Crippen LogP contribution in [0.25, 0.3) is 22.3 Å². The van der Waals surface area contributed by atoms with E-state index in [1.165, 1.54) is 5.06 Å². The molecule has 2 unspecified atom stereocenters. The highest BCUT2D eigenvalue weighted by Gasteiger charge is 2.45. The monoisotopic (exact) mass is 668 g/mol. The molecule has 49 heavy (non-hydrogen) atoms. The Morgan fingerprint density at radius 1 is 1.12 bits per heavy atom. The molecule has 3 atom stereocenters. The molecular weight excluding hydrogens is 630 g/mol. The van der Waals surface area contributed by atoms with Crippen LogP contribution in [0.3, 0.4) is 0 Å². The molecule has 4 aliphatic rings. The van der Waals surface area contributed by atoms with Gasteiger partial charge in [0.25, 0.3) is 5.56 Å². The molecule has 7 heterocycles. The number of oxime groups is 1. The van der Waals surface area contributed by atoms with Gasteiger partial charge in [-0.2, -0.15) is 0 Å². The lowest BCUT2D eigenvalue weighted by atomic mass is 9.85. The van der Waals surface area contributed by atoms with Gasteiger partial charge in [-0.05, 0) is 55.5 Å². The van der Waals surface area contributed by atoms with Gasteiger partial charge in [-0.15, -0.1) is 15.4 Å². The molecule has 4 aliphatic heterocycles. The summed E-state index contributed by atoms with van der Waals surface area (Å²) in [5.74, 6) is -0.0883. The van der Waals surface area contributed by atoms with Gasteiger partial charge in [-0.1, -0.05) is 30.6 Å². The van der Waals surface area contributed by atoms with E-state index >= 15 is 0 Å². The van der Waals surface area contributed by atoms with Gasteiger partial charge in [0.1, 0.15) is 31.3 Å². The van der Waals surface area contributed by atoms with E-state index in [0.29, 0.717) is 72.9 Å². The highest BCUT2D eigenvalue weighted by atomic mass is 16.6. The van der Waals surface area contributed by atoms with Crippen molar-refractivity contribution in [1.82, 2.24) is 29.6 Å². The first kappa shape index (κ1) is 31.6. The number of pyridine rings is 2. The molecule has 14 heteroatoms. The number of ether oxygens (including phenoxy) is 2. The van der Waals surface area contributed by atoms with E-state index in [9.17, 15) is 19.9 Å². The fourth-order valence-electron chi connectivity index (χ4n) is 7.80. The molecule has 1 radical (unpaired) electrons. The summed E-state index contributed by atoms with van der Waals surface area (Å²) in [7, 11) is 0. The summed E-state index contributed by atoms with van der Waals surface area (Å²) < 4.78 is 14.7. The summed E-state index contributed by atoms with van der Waals surface area (Å²) in [6.45, 7) is 4.97. The van der Waals surface area contributed by atoms with Crippen LogP contribution in [0.15, 0.2) is 40.4 Å². The Kier molecular flexibility index (Phi) is 7.96. The van der Waals surface area contributed by atoms with Crippen molar-refractivity contribution >= 4 is 22.6 Å². The number of aliphatic hydroxyl groups is 1. The zero-order chi connectivity index (χ0) is 33.9. The SMILES string of the molecule is CCc1c2c(nc3ccc(OCc4cn(CCON=C5CC6CCCC(C5)N6[O])nn4)cc13)-c1cc3c(c(=O)n1C2)COC(=O)[C@]3(O)CC. The molecule has 1 N–H and O–H groups in total. The summed E-state index contributed by atoms with van der Waals surface area (Å²) in [5.41, 5.74) is 4.10. The van der Waals surface area contributed by atoms with Crippen molar-refractivity contribution in [3.8, 4) is 17.1 Å². The van der Waals surface area contributed by atoms with Crippen LogP contribution in [0.5, 0.6) is 5.75 Å². The van der Waals surface area contributed by atoms with Crippen molar-refractivity contribution in [2.24, 2.45) is 5.16 Å². The molecule has 2 saturated heterocycles. The third-order valence-corrected chi connectivity index (χ3v) is 10.4. The first-order valence-corrected chi connectivity index (χ1v) is 17.0. The first-order chi connectivity index (χ1) is 23.8. The van der Waals surface area contributed by atoms with E-state index in [-0.39, 0.29) is 37.3 Å². The van der Waals surface area contributed by atoms with Gasteiger partial charge in [0.15, 0.2) is 5.60 Å². The van der Waals surface area contributed by atoms with Crippen LogP contribution >= 0.6 is 0 Å². The molecule has 14 nitrogen and oxygen atoms in total. The van der Waals surface area contributed by atoms with Gasteiger partial charge in [0, 0.05) is 41.4 Å². The quantitative estimate of drug-likeness (QED) is 0.139. The van der Waals surface area contributed by atoms with Crippen molar-refractivity contribution in [2.45, 2.75) is 103 Å². The van der Waals surface area contributed by atoms with Gasteiger partial charge >= 0.3 is 5.97 Å².